The maximum Gasteiger partial charge on any atom is 0.336 e. The molecule has 0 aliphatic carbocycles. The van der Waals surface area contributed by atoms with Gasteiger partial charge in [-0.3, -0.25) is 4.90 Å². The van der Waals surface area contributed by atoms with E-state index in [1.165, 1.54) is 12.1 Å². The van der Waals surface area contributed by atoms with Crippen LogP contribution in [-0.2, 0) is 11.3 Å². The Hall–Kier alpha value is -1.46. The zero-order valence-corrected chi connectivity index (χ0v) is 10.9. The van der Waals surface area contributed by atoms with Crippen LogP contribution in [0.5, 0.6) is 0 Å². The highest BCUT2D eigenvalue weighted by Gasteiger charge is 2.19. The zero-order chi connectivity index (χ0) is 13.8. The van der Waals surface area contributed by atoms with E-state index in [4.69, 9.17) is 9.84 Å². The number of carboxylic acid groups (broad SMARTS) is 1. The van der Waals surface area contributed by atoms with Gasteiger partial charge in [-0.2, -0.15) is 0 Å². The molecule has 1 N–H and O–H groups in total. The number of rotatable bonds is 5. The molecular formula is C14H18FNO3. The summed E-state index contributed by atoms with van der Waals surface area (Å²) < 4.78 is 18.6. The van der Waals surface area contributed by atoms with Gasteiger partial charge in [0.05, 0.1) is 11.7 Å². The lowest BCUT2D eigenvalue weighted by atomic mass is 10.1. The quantitative estimate of drug-likeness (QED) is 0.888. The Balaban J connectivity index is 2.03. The number of carboxylic acids is 1. The Labute approximate surface area is 111 Å². The number of halogens is 1. The fourth-order valence-electron chi connectivity index (χ4n) is 2.38. The van der Waals surface area contributed by atoms with Gasteiger partial charge in [0.2, 0.25) is 0 Å². The largest absolute Gasteiger partial charge is 0.478 e. The van der Waals surface area contributed by atoms with Crippen LogP contribution in [0.1, 0.15) is 28.8 Å². The van der Waals surface area contributed by atoms with Crippen LogP contribution < -0.4 is 0 Å². The molecule has 0 spiro atoms. The summed E-state index contributed by atoms with van der Waals surface area (Å²) in [6.45, 7) is 2.04. The summed E-state index contributed by atoms with van der Waals surface area (Å²) in [6, 6.07) is 3.89. The highest BCUT2D eigenvalue weighted by atomic mass is 19.1. The molecule has 1 aromatic rings. The Bertz CT molecular complexity index is 458. The van der Waals surface area contributed by atoms with Crippen molar-refractivity contribution in [2.45, 2.75) is 25.5 Å². The SMILES string of the molecule is CN(Cc1ccc(F)cc1C(=O)O)CC1CCCO1. The molecule has 0 bridgehead atoms. The van der Waals surface area contributed by atoms with E-state index in [1.54, 1.807) is 0 Å². The van der Waals surface area contributed by atoms with Gasteiger partial charge >= 0.3 is 5.97 Å². The molecule has 1 fully saturated rings. The first-order valence-electron chi connectivity index (χ1n) is 6.38. The first-order valence-corrected chi connectivity index (χ1v) is 6.38. The monoisotopic (exact) mass is 267 g/mol. The summed E-state index contributed by atoms with van der Waals surface area (Å²) in [6.07, 6.45) is 2.34. The van der Waals surface area contributed by atoms with E-state index in [2.05, 4.69) is 0 Å². The van der Waals surface area contributed by atoms with Gasteiger partial charge in [0, 0.05) is 19.7 Å². The molecule has 1 unspecified atom stereocenters. The van der Waals surface area contributed by atoms with E-state index in [9.17, 15) is 9.18 Å². The van der Waals surface area contributed by atoms with Crippen molar-refractivity contribution >= 4 is 5.97 Å². The molecular weight excluding hydrogens is 249 g/mol. The summed E-state index contributed by atoms with van der Waals surface area (Å²) in [5, 5.41) is 9.08. The lowest BCUT2D eigenvalue weighted by Crippen LogP contribution is -2.29. The van der Waals surface area contributed by atoms with Gasteiger partial charge in [-0.25, -0.2) is 9.18 Å². The molecule has 0 amide bonds. The summed E-state index contributed by atoms with van der Waals surface area (Å²) >= 11 is 0. The Kier molecular flexibility index (Phi) is 4.50. The van der Waals surface area contributed by atoms with Crippen LogP contribution in [0, 0.1) is 5.82 Å². The third-order valence-electron chi connectivity index (χ3n) is 3.28. The fraction of sp³-hybridized carbons (Fsp3) is 0.500. The van der Waals surface area contributed by atoms with Crippen molar-refractivity contribution in [3.8, 4) is 0 Å². The summed E-state index contributed by atoms with van der Waals surface area (Å²) in [5.41, 5.74) is 0.647. The van der Waals surface area contributed by atoms with Crippen molar-refractivity contribution in [2.24, 2.45) is 0 Å². The van der Waals surface area contributed by atoms with Gasteiger partial charge in [0.25, 0.3) is 0 Å². The molecule has 1 aliphatic rings. The molecule has 2 rings (SSSR count). The molecule has 4 nitrogen and oxygen atoms in total. The van der Waals surface area contributed by atoms with Crippen molar-refractivity contribution in [3.63, 3.8) is 0 Å². The standard InChI is InChI=1S/C14H18FNO3/c1-16(9-12-3-2-6-19-12)8-10-4-5-11(15)7-13(10)14(17)18/h4-5,7,12H,2-3,6,8-9H2,1H3,(H,17,18). The molecule has 1 heterocycles. The number of hydrogen-bond donors (Lipinski definition) is 1. The first-order chi connectivity index (χ1) is 9.06. The lowest BCUT2D eigenvalue weighted by molar-refractivity contribution is 0.0690. The van der Waals surface area contributed by atoms with Gasteiger partial charge < -0.3 is 9.84 Å². The Morgan fingerprint density at radius 2 is 2.37 bits per heavy atom. The normalized spacial score (nSPS) is 19.0. The topological polar surface area (TPSA) is 49.8 Å². The highest BCUT2D eigenvalue weighted by Crippen LogP contribution is 2.16. The number of carbonyl (C=O) groups is 1. The van der Waals surface area contributed by atoms with Crippen molar-refractivity contribution in [2.75, 3.05) is 20.2 Å². The van der Waals surface area contributed by atoms with Crippen LogP contribution in [0.3, 0.4) is 0 Å². The molecule has 1 saturated heterocycles. The van der Waals surface area contributed by atoms with Gasteiger partial charge in [0.1, 0.15) is 5.82 Å². The van der Waals surface area contributed by atoms with Crippen molar-refractivity contribution in [1.29, 1.82) is 0 Å². The average Bonchev–Trinajstić information content (AvgIpc) is 2.83. The summed E-state index contributed by atoms with van der Waals surface area (Å²) in [4.78, 5) is 13.1. The van der Waals surface area contributed by atoms with Crippen LogP contribution in [0.15, 0.2) is 18.2 Å². The van der Waals surface area contributed by atoms with E-state index in [0.717, 1.165) is 32.1 Å². The number of benzene rings is 1. The Morgan fingerprint density at radius 1 is 1.58 bits per heavy atom. The molecule has 0 radical (unpaired) electrons. The number of aromatic carboxylic acids is 1. The second-order valence-corrected chi connectivity index (χ2v) is 4.94. The molecule has 104 valence electrons. The Morgan fingerprint density at radius 3 is 3.00 bits per heavy atom. The smallest absolute Gasteiger partial charge is 0.336 e. The van der Waals surface area contributed by atoms with E-state index < -0.39 is 11.8 Å². The predicted octanol–water partition coefficient (Wildman–Crippen LogP) is 2.13. The molecule has 1 atom stereocenters. The third-order valence-corrected chi connectivity index (χ3v) is 3.28. The van der Waals surface area contributed by atoms with Crippen LogP contribution >= 0.6 is 0 Å². The lowest BCUT2D eigenvalue weighted by Gasteiger charge is -2.21. The van der Waals surface area contributed by atoms with Crippen LogP contribution in [0.25, 0.3) is 0 Å². The van der Waals surface area contributed by atoms with E-state index in [0.29, 0.717) is 12.1 Å². The van der Waals surface area contributed by atoms with Crippen LogP contribution in [0.4, 0.5) is 4.39 Å². The second kappa shape index (κ2) is 6.12. The van der Waals surface area contributed by atoms with Gasteiger partial charge in [0.15, 0.2) is 0 Å². The molecule has 1 aromatic carbocycles. The van der Waals surface area contributed by atoms with Gasteiger partial charge in [-0.1, -0.05) is 6.07 Å². The number of hydrogen-bond acceptors (Lipinski definition) is 3. The third kappa shape index (κ3) is 3.75. The van der Waals surface area contributed by atoms with E-state index >= 15 is 0 Å². The van der Waals surface area contributed by atoms with Gasteiger partial charge in [-0.05, 0) is 37.6 Å². The van der Waals surface area contributed by atoms with Gasteiger partial charge in [-0.15, -0.1) is 0 Å². The minimum atomic E-state index is -1.10. The molecule has 5 heteroatoms. The summed E-state index contributed by atoms with van der Waals surface area (Å²) in [5.74, 6) is -1.62. The van der Waals surface area contributed by atoms with Crippen LogP contribution in [0.2, 0.25) is 0 Å². The maximum atomic E-state index is 13.1. The predicted molar refractivity (Wildman–Crippen MR) is 68.7 cm³/mol. The zero-order valence-electron chi connectivity index (χ0n) is 10.9. The second-order valence-electron chi connectivity index (χ2n) is 4.94. The van der Waals surface area contributed by atoms with Crippen molar-refractivity contribution in [1.82, 2.24) is 4.90 Å². The molecule has 0 aromatic heterocycles. The molecule has 1 aliphatic heterocycles. The highest BCUT2D eigenvalue weighted by molar-refractivity contribution is 5.89. The van der Waals surface area contributed by atoms with Crippen molar-refractivity contribution < 1.29 is 19.0 Å². The average molecular weight is 267 g/mol. The first kappa shape index (κ1) is 14.0. The minimum absolute atomic E-state index is 0.0270. The number of likely N-dealkylation sites (N-methyl/N-ethyl adjacent to an activating group) is 1. The fourth-order valence-corrected chi connectivity index (χ4v) is 2.38. The van der Waals surface area contributed by atoms with E-state index in [-0.39, 0.29) is 11.7 Å². The maximum absolute atomic E-state index is 13.1. The van der Waals surface area contributed by atoms with Crippen LogP contribution in [-0.4, -0.2) is 42.3 Å². The number of nitrogens with zero attached hydrogens (tertiary/aromatic N) is 1. The van der Waals surface area contributed by atoms with Crippen molar-refractivity contribution in [3.05, 3.63) is 35.1 Å². The minimum Gasteiger partial charge on any atom is -0.478 e. The number of ether oxygens (including phenoxy) is 1. The summed E-state index contributed by atoms with van der Waals surface area (Å²) in [7, 11) is 1.91. The molecule has 19 heavy (non-hydrogen) atoms. The van der Waals surface area contributed by atoms with E-state index in [1.807, 2.05) is 11.9 Å². The molecule has 0 saturated carbocycles.